The Bertz CT molecular complexity index is 578. The van der Waals surface area contributed by atoms with Gasteiger partial charge in [-0.25, -0.2) is 9.67 Å². The van der Waals surface area contributed by atoms with Crippen molar-refractivity contribution in [3.63, 3.8) is 0 Å². The summed E-state index contributed by atoms with van der Waals surface area (Å²) < 4.78 is 1.78. The monoisotopic (exact) mass is 313 g/mol. The van der Waals surface area contributed by atoms with Crippen LogP contribution in [-0.2, 0) is 0 Å². The Labute approximate surface area is 138 Å². The molecule has 2 aromatic rings. The molecule has 23 heavy (non-hydrogen) atoms. The lowest BCUT2D eigenvalue weighted by Crippen LogP contribution is -2.41. The van der Waals surface area contributed by atoms with E-state index in [1.54, 1.807) is 17.3 Å². The predicted molar refractivity (Wildman–Crippen MR) is 92.7 cm³/mol. The zero-order chi connectivity index (χ0) is 16.1. The van der Waals surface area contributed by atoms with Crippen molar-refractivity contribution in [2.75, 3.05) is 19.6 Å². The molecular weight excluding hydrogens is 286 g/mol. The van der Waals surface area contributed by atoms with E-state index in [0.717, 1.165) is 24.8 Å². The van der Waals surface area contributed by atoms with Crippen LogP contribution in [0.2, 0.25) is 0 Å². The highest BCUT2D eigenvalue weighted by Crippen LogP contribution is 2.17. The second-order valence-corrected chi connectivity index (χ2v) is 6.49. The molecule has 1 saturated heterocycles. The lowest BCUT2D eigenvalue weighted by molar-refractivity contribution is 0.160. The van der Waals surface area contributed by atoms with E-state index in [4.69, 9.17) is 0 Å². The first-order chi connectivity index (χ1) is 11.2. The van der Waals surface area contributed by atoms with Gasteiger partial charge in [0.25, 0.3) is 0 Å². The lowest BCUT2D eigenvalue weighted by Gasteiger charge is -2.33. The molecule has 5 nitrogen and oxygen atoms in total. The first kappa shape index (κ1) is 16.1. The van der Waals surface area contributed by atoms with Crippen LogP contribution in [0.15, 0.2) is 36.9 Å². The van der Waals surface area contributed by atoms with Crippen molar-refractivity contribution in [1.82, 2.24) is 25.0 Å². The van der Waals surface area contributed by atoms with Gasteiger partial charge in [0.15, 0.2) is 0 Å². The van der Waals surface area contributed by atoms with Crippen LogP contribution in [0.3, 0.4) is 0 Å². The molecule has 1 aliphatic heterocycles. The Morgan fingerprint density at radius 2 is 2.09 bits per heavy atom. The Morgan fingerprint density at radius 3 is 2.78 bits per heavy atom. The van der Waals surface area contributed by atoms with Gasteiger partial charge >= 0.3 is 0 Å². The summed E-state index contributed by atoms with van der Waals surface area (Å²) in [5, 5.41) is 7.80. The topological polar surface area (TPSA) is 46.0 Å². The highest BCUT2D eigenvalue weighted by Gasteiger charge is 2.17. The fourth-order valence-corrected chi connectivity index (χ4v) is 3.29. The molecule has 1 aliphatic rings. The van der Waals surface area contributed by atoms with E-state index < -0.39 is 0 Å². The van der Waals surface area contributed by atoms with Crippen molar-refractivity contribution in [2.45, 2.75) is 45.2 Å². The largest absolute Gasteiger partial charge is 0.309 e. The molecule has 3 rings (SSSR count). The third kappa shape index (κ3) is 4.18. The van der Waals surface area contributed by atoms with Gasteiger partial charge in [0.2, 0.25) is 0 Å². The summed E-state index contributed by atoms with van der Waals surface area (Å²) in [6.07, 6.45) is 7.36. The van der Waals surface area contributed by atoms with E-state index in [9.17, 15) is 0 Å². The number of nitrogens with one attached hydrogen (secondary N) is 1. The molecule has 0 aliphatic carbocycles. The third-order valence-electron chi connectivity index (χ3n) is 4.87. The number of piperidine rings is 1. The van der Waals surface area contributed by atoms with Crippen LogP contribution < -0.4 is 5.32 Å². The maximum Gasteiger partial charge on any atom is 0.138 e. The summed E-state index contributed by atoms with van der Waals surface area (Å²) in [6.45, 7) is 8.01. The molecule has 0 spiro atoms. The summed E-state index contributed by atoms with van der Waals surface area (Å²) in [5.41, 5.74) is 2.35. The number of rotatable bonds is 6. The molecule has 0 radical (unpaired) electrons. The van der Waals surface area contributed by atoms with Gasteiger partial charge in [-0.2, -0.15) is 5.10 Å². The van der Waals surface area contributed by atoms with Crippen molar-refractivity contribution in [3.8, 4) is 5.69 Å². The second kappa shape index (κ2) is 7.70. The molecule has 2 unspecified atom stereocenters. The molecular formula is C18H27N5. The molecule has 124 valence electrons. The minimum atomic E-state index is 0.361. The Kier molecular flexibility index (Phi) is 5.41. The van der Waals surface area contributed by atoms with E-state index in [1.807, 2.05) is 0 Å². The Balaban J connectivity index is 1.49. The van der Waals surface area contributed by atoms with E-state index >= 15 is 0 Å². The molecule has 1 aromatic heterocycles. The molecule has 1 N–H and O–H groups in total. The molecule has 2 heterocycles. The standard InChI is InChI=1S/C18H27N5/c1-15-5-3-4-11-22(15)12-10-20-16(2)17-6-8-18(9-7-17)23-14-19-13-21-23/h6-9,13-16,20H,3-5,10-12H2,1-2H3. The van der Waals surface area contributed by atoms with E-state index in [1.165, 1.54) is 31.4 Å². The maximum atomic E-state index is 4.15. The summed E-state index contributed by atoms with van der Waals surface area (Å²) in [4.78, 5) is 6.59. The van der Waals surface area contributed by atoms with Crippen molar-refractivity contribution in [2.24, 2.45) is 0 Å². The average Bonchev–Trinajstić information content (AvgIpc) is 3.11. The maximum absolute atomic E-state index is 4.15. The van der Waals surface area contributed by atoms with Crippen molar-refractivity contribution in [1.29, 1.82) is 0 Å². The molecule has 1 fully saturated rings. The first-order valence-electron chi connectivity index (χ1n) is 8.66. The van der Waals surface area contributed by atoms with Crippen LogP contribution in [0.1, 0.15) is 44.7 Å². The van der Waals surface area contributed by atoms with E-state index in [-0.39, 0.29) is 0 Å². The zero-order valence-corrected chi connectivity index (χ0v) is 14.2. The van der Waals surface area contributed by atoms with Crippen LogP contribution in [0, 0.1) is 0 Å². The number of hydrogen-bond acceptors (Lipinski definition) is 4. The fourth-order valence-electron chi connectivity index (χ4n) is 3.29. The van der Waals surface area contributed by atoms with Crippen LogP contribution in [-0.4, -0.2) is 45.3 Å². The van der Waals surface area contributed by atoms with Crippen LogP contribution in [0.5, 0.6) is 0 Å². The van der Waals surface area contributed by atoms with Crippen molar-refractivity contribution >= 4 is 0 Å². The van der Waals surface area contributed by atoms with Gasteiger partial charge in [-0.15, -0.1) is 0 Å². The van der Waals surface area contributed by atoms with Gasteiger partial charge < -0.3 is 5.32 Å². The Hall–Kier alpha value is -1.72. The average molecular weight is 313 g/mol. The van der Waals surface area contributed by atoms with Gasteiger partial charge in [-0.1, -0.05) is 18.6 Å². The predicted octanol–water partition coefficient (Wildman–Crippen LogP) is 2.79. The normalized spacial score (nSPS) is 20.5. The van der Waals surface area contributed by atoms with Crippen molar-refractivity contribution in [3.05, 3.63) is 42.5 Å². The first-order valence-corrected chi connectivity index (χ1v) is 8.66. The fraction of sp³-hybridized carbons (Fsp3) is 0.556. The summed E-state index contributed by atoms with van der Waals surface area (Å²) in [5.74, 6) is 0. The van der Waals surface area contributed by atoms with Crippen LogP contribution >= 0.6 is 0 Å². The summed E-state index contributed by atoms with van der Waals surface area (Å²) >= 11 is 0. The van der Waals surface area contributed by atoms with Gasteiger partial charge in [-0.3, -0.25) is 4.90 Å². The molecule has 0 saturated carbocycles. The van der Waals surface area contributed by atoms with E-state index in [0.29, 0.717) is 6.04 Å². The number of hydrogen-bond donors (Lipinski definition) is 1. The number of benzene rings is 1. The summed E-state index contributed by atoms with van der Waals surface area (Å²) in [6, 6.07) is 9.61. The minimum absolute atomic E-state index is 0.361. The van der Waals surface area contributed by atoms with Crippen LogP contribution in [0.4, 0.5) is 0 Å². The lowest BCUT2D eigenvalue weighted by atomic mass is 10.0. The minimum Gasteiger partial charge on any atom is -0.309 e. The van der Waals surface area contributed by atoms with E-state index in [2.05, 4.69) is 58.4 Å². The van der Waals surface area contributed by atoms with Crippen molar-refractivity contribution < 1.29 is 0 Å². The molecule has 0 amide bonds. The highest BCUT2D eigenvalue weighted by atomic mass is 15.3. The quantitative estimate of drug-likeness (QED) is 0.891. The van der Waals surface area contributed by atoms with Gasteiger partial charge in [0.1, 0.15) is 12.7 Å². The van der Waals surface area contributed by atoms with Crippen LogP contribution in [0.25, 0.3) is 5.69 Å². The number of likely N-dealkylation sites (tertiary alicyclic amines) is 1. The smallest absolute Gasteiger partial charge is 0.138 e. The number of aromatic nitrogens is 3. The van der Waals surface area contributed by atoms with Gasteiger partial charge in [0.05, 0.1) is 5.69 Å². The number of nitrogens with zero attached hydrogens (tertiary/aromatic N) is 4. The molecule has 2 atom stereocenters. The molecule has 5 heteroatoms. The summed E-state index contributed by atoms with van der Waals surface area (Å²) in [7, 11) is 0. The zero-order valence-electron chi connectivity index (χ0n) is 14.2. The molecule has 0 bridgehead atoms. The van der Waals surface area contributed by atoms with Gasteiger partial charge in [0, 0.05) is 25.2 Å². The third-order valence-corrected chi connectivity index (χ3v) is 4.87. The SMILES string of the molecule is CC(NCCN1CCCCC1C)c1ccc(-n2cncn2)cc1. The highest BCUT2D eigenvalue weighted by molar-refractivity contribution is 5.34. The molecule has 1 aromatic carbocycles. The Morgan fingerprint density at radius 1 is 1.26 bits per heavy atom. The second-order valence-electron chi connectivity index (χ2n) is 6.49. The van der Waals surface area contributed by atoms with Gasteiger partial charge in [-0.05, 0) is 50.9 Å².